The molecule has 0 saturated heterocycles. The van der Waals surface area contributed by atoms with Crippen LogP contribution in [0.2, 0.25) is 0 Å². The Bertz CT molecular complexity index is 1190. The second-order valence-electron chi connectivity index (χ2n) is 6.42. The molecular formula is C20H19N5OS. The molecule has 2 aromatic heterocycles. The fourth-order valence-corrected chi connectivity index (χ4v) is 3.36. The molecule has 0 fully saturated rings. The molecule has 0 saturated carbocycles. The molecular weight excluding hydrogens is 358 g/mol. The van der Waals surface area contributed by atoms with Crippen molar-refractivity contribution in [2.45, 2.75) is 25.5 Å². The highest BCUT2D eigenvalue weighted by Crippen LogP contribution is 2.26. The Morgan fingerprint density at radius 3 is 2.56 bits per heavy atom. The van der Waals surface area contributed by atoms with E-state index in [0.29, 0.717) is 16.4 Å². The highest BCUT2D eigenvalue weighted by atomic mass is 32.2. The number of hydrogen-bond acceptors (Lipinski definition) is 5. The van der Waals surface area contributed by atoms with Crippen LogP contribution in [0.25, 0.3) is 22.0 Å². The number of benzene rings is 2. The minimum Gasteiger partial charge on any atom is -0.267 e. The monoisotopic (exact) mass is 377 g/mol. The molecule has 6 nitrogen and oxygen atoms in total. The molecule has 1 N–H and O–H groups in total. The van der Waals surface area contributed by atoms with Crippen molar-refractivity contribution in [3.63, 3.8) is 0 Å². The van der Waals surface area contributed by atoms with Gasteiger partial charge in [0.2, 0.25) is 5.16 Å². The molecule has 0 aliphatic carbocycles. The first-order valence-electron chi connectivity index (χ1n) is 8.59. The lowest BCUT2D eigenvalue weighted by Gasteiger charge is -2.11. The topological polar surface area (TPSA) is 76.5 Å². The lowest BCUT2D eigenvalue weighted by Crippen LogP contribution is -2.25. The lowest BCUT2D eigenvalue weighted by molar-refractivity contribution is 0.626. The van der Waals surface area contributed by atoms with E-state index in [-0.39, 0.29) is 12.1 Å². The molecule has 0 bridgehead atoms. The zero-order chi connectivity index (χ0) is 19.0. The number of aromatic amines is 1. The van der Waals surface area contributed by atoms with Crippen molar-refractivity contribution >= 4 is 22.5 Å². The van der Waals surface area contributed by atoms with Crippen molar-refractivity contribution in [2.75, 3.05) is 6.26 Å². The van der Waals surface area contributed by atoms with Crippen LogP contribution in [-0.2, 0) is 6.54 Å². The van der Waals surface area contributed by atoms with Crippen molar-refractivity contribution in [3.8, 4) is 11.3 Å². The van der Waals surface area contributed by atoms with Gasteiger partial charge in [-0.25, -0.2) is 9.67 Å². The summed E-state index contributed by atoms with van der Waals surface area (Å²) >= 11 is 1.45. The van der Waals surface area contributed by atoms with Gasteiger partial charge in [0.05, 0.1) is 11.1 Å². The van der Waals surface area contributed by atoms with E-state index in [2.05, 4.69) is 46.3 Å². The Morgan fingerprint density at radius 2 is 1.85 bits per heavy atom. The Hall–Kier alpha value is -2.93. The summed E-state index contributed by atoms with van der Waals surface area (Å²) in [5.41, 5.74) is 4.06. The second-order valence-corrected chi connectivity index (χ2v) is 7.20. The van der Waals surface area contributed by atoms with Gasteiger partial charge in [-0.3, -0.25) is 9.89 Å². The molecule has 0 radical (unpaired) electrons. The molecule has 7 heteroatoms. The third kappa shape index (κ3) is 3.26. The Kier molecular flexibility index (Phi) is 4.53. The first-order chi connectivity index (χ1) is 13.1. The highest BCUT2D eigenvalue weighted by molar-refractivity contribution is 7.98. The predicted octanol–water partition coefficient (Wildman–Crippen LogP) is 3.57. The van der Waals surface area contributed by atoms with Crippen molar-refractivity contribution in [3.05, 3.63) is 69.8 Å². The number of hydrogen-bond donors (Lipinski definition) is 1. The third-order valence-corrected chi connectivity index (χ3v) is 5.19. The number of nitrogens with zero attached hydrogens (tertiary/aromatic N) is 4. The highest BCUT2D eigenvalue weighted by Gasteiger charge is 2.14. The summed E-state index contributed by atoms with van der Waals surface area (Å²) in [4.78, 5) is 17.3. The summed E-state index contributed by atoms with van der Waals surface area (Å²) in [6.07, 6.45) is 1.91. The number of aryl methyl sites for hydroxylation is 2. The maximum absolute atomic E-state index is 12.9. The fraction of sp³-hybridized carbons (Fsp3) is 0.200. The zero-order valence-corrected chi connectivity index (χ0v) is 16.2. The molecule has 136 valence electrons. The van der Waals surface area contributed by atoms with E-state index in [0.717, 1.165) is 16.6 Å². The molecule has 4 rings (SSSR count). The maximum Gasteiger partial charge on any atom is 0.275 e. The van der Waals surface area contributed by atoms with Crippen molar-refractivity contribution in [1.82, 2.24) is 25.0 Å². The Morgan fingerprint density at radius 1 is 1.07 bits per heavy atom. The van der Waals surface area contributed by atoms with Gasteiger partial charge in [-0.2, -0.15) is 5.10 Å². The van der Waals surface area contributed by atoms with Crippen molar-refractivity contribution < 1.29 is 0 Å². The average molecular weight is 377 g/mol. The molecule has 0 spiro atoms. The summed E-state index contributed by atoms with van der Waals surface area (Å²) in [6, 6.07) is 13.8. The van der Waals surface area contributed by atoms with Gasteiger partial charge in [-0.1, -0.05) is 42.1 Å². The molecule has 27 heavy (non-hydrogen) atoms. The smallest absolute Gasteiger partial charge is 0.267 e. The summed E-state index contributed by atoms with van der Waals surface area (Å²) in [5.74, 6) is 0.607. The Labute approximate surface area is 160 Å². The number of aromatic nitrogens is 5. The normalized spacial score (nSPS) is 11.2. The van der Waals surface area contributed by atoms with Crippen LogP contribution in [0, 0.1) is 13.8 Å². The van der Waals surface area contributed by atoms with E-state index in [9.17, 15) is 4.79 Å². The minimum absolute atomic E-state index is 0.139. The van der Waals surface area contributed by atoms with E-state index < -0.39 is 0 Å². The predicted molar refractivity (Wildman–Crippen MR) is 108 cm³/mol. The average Bonchev–Trinajstić information content (AvgIpc) is 3.14. The van der Waals surface area contributed by atoms with Gasteiger partial charge < -0.3 is 0 Å². The molecule has 0 amide bonds. The summed E-state index contributed by atoms with van der Waals surface area (Å²) in [6.45, 7) is 4.41. The molecule has 0 atom stereocenters. The molecule has 2 aromatic carbocycles. The molecule has 2 heterocycles. The lowest BCUT2D eigenvalue weighted by atomic mass is 10.0. The first-order valence-corrected chi connectivity index (χ1v) is 9.82. The van der Waals surface area contributed by atoms with Gasteiger partial charge in [0.1, 0.15) is 12.4 Å². The molecule has 0 unspecified atom stereocenters. The van der Waals surface area contributed by atoms with E-state index in [4.69, 9.17) is 0 Å². The first kappa shape index (κ1) is 17.5. The SMILES string of the molecule is CSc1n[nH]c(Cn2nc(-c3ccc(C)c(C)c3)c3ccccc3c2=O)n1. The van der Waals surface area contributed by atoms with E-state index >= 15 is 0 Å². The molecule has 4 aromatic rings. The summed E-state index contributed by atoms with van der Waals surface area (Å²) in [5, 5.41) is 13.8. The van der Waals surface area contributed by atoms with Crippen molar-refractivity contribution in [1.29, 1.82) is 0 Å². The zero-order valence-electron chi connectivity index (χ0n) is 15.4. The number of thioether (sulfide) groups is 1. The second kappa shape index (κ2) is 7.00. The summed E-state index contributed by atoms with van der Waals surface area (Å²) < 4.78 is 1.46. The number of H-pyrrole nitrogens is 1. The van der Waals surface area contributed by atoms with Gasteiger partial charge in [0.15, 0.2) is 0 Å². The van der Waals surface area contributed by atoms with E-state index in [1.807, 2.05) is 36.6 Å². The van der Waals surface area contributed by atoms with Crippen LogP contribution in [0.4, 0.5) is 0 Å². The van der Waals surface area contributed by atoms with Crippen LogP contribution in [0.3, 0.4) is 0 Å². The van der Waals surface area contributed by atoms with Gasteiger partial charge in [0.25, 0.3) is 5.56 Å². The van der Waals surface area contributed by atoms with Gasteiger partial charge in [-0.15, -0.1) is 5.10 Å². The van der Waals surface area contributed by atoms with Crippen molar-refractivity contribution in [2.24, 2.45) is 0 Å². The van der Waals surface area contributed by atoms with Gasteiger partial charge >= 0.3 is 0 Å². The maximum atomic E-state index is 12.9. The van der Waals surface area contributed by atoms with E-state index in [1.54, 1.807) is 0 Å². The van der Waals surface area contributed by atoms with Crippen LogP contribution in [0.5, 0.6) is 0 Å². The third-order valence-electron chi connectivity index (χ3n) is 4.64. The van der Waals surface area contributed by atoms with Gasteiger partial charge in [-0.05, 0) is 43.4 Å². The van der Waals surface area contributed by atoms with Crippen LogP contribution in [0.15, 0.2) is 52.4 Å². The van der Waals surface area contributed by atoms with Gasteiger partial charge in [0, 0.05) is 10.9 Å². The fourth-order valence-electron chi connectivity index (χ4n) is 3.03. The van der Waals surface area contributed by atoms with Crippen LogP contribution >= 0.6 is 11.8 Å². The molecule has 0 aliphatic heterocycles. The largest absolute Gasteiger partial charge is 0.275 e. The quantitative estimate of drug-likeness (QED) is 0.550. The number of nitrogens with one attached hydrogen (secondary N) is 1. The molecule has 0 aliphatic rings. The van der Waals surface area contributed by atoms with Crippen LogP contribution in [0.1, 0.15) is 17.0 Å². The number of fused-ring (bicyclic) bond motifs is 1. The minimum atomic E-state index is -0.139. The van der Waals surface area contributed by atoms with Crippen LogP contribution < -0.4 is 5.56 Å². The van der Waals surface area contributed by atoms with Crippen LogP contribution in [-0.4, -0.2) is 31.2 Å². The summed E-state index contributed by atoms with van der Waals surface area (Å²) in [7, 11) is 0. The number of rotatable bonds is 4. The Balaban J connectivity index is 1.91. The standard InChI is InChI=1S/C20H19N5OS/c1-12-8-9-14(10-13(12)2)18-15-6-4-5-7-16(15)19(26)25(24-18)11-17-21-20(27-3)23-22-17/h4-10H,11H2,1-3H3,(H,21,22,23). The van der Waals surface area contributed by atoms with E-state index in [1.165, 1.54) is 27.6 Å².